The summed E-state index contributed by atoms with van der Waals surface area (Å²) in [6.07, 6.45) is 0.837. The molecule has 1 heterocycles. The van der Waals surface area contributed by atoms with Crippen molar-refractivity contribution in [2.45, 2.75) is 12.5 Å². The van der Waals surface area contributed by atoms with Crippen molar-refractivity contribution in [3.8, 4) is 11.5 Å². The minimum absolute atomic E-state index is 0.0645. The van der Waals surface area contributed by atoms with Crippen LogP contribution in [-0.4, -0.2) is 44.2 Å². The van der Waals surface area contributed by atoms with E-state index in [1.807, 2.05) is 0 Å². The number of ether oxygens (including phenoxy) is 2. The lowest BCUT2D eigenvalue weighted by Gasteiger charge is -2.19. The fourth-order valence-corrected chi connectivity index (χ4v) is 2.19. The number of nitrogens with zero attached hydrogens (tertiary/aromatic N) is 1. The summed E-state index contributed by atoms with van der Waals surface area (Å²) >= 11 is 0. The monoisotopic (exact) mass is 250 g/mol. The van der Waals surface area contributed by atoms with Crippen molar-refractivity contribution in [3.05, 3.63) is 23.8 Å². The lowest BCUT2D eigenvalue weighted by molar-refractivity contribution is 0.0784. The van der Waals surface area contributed by atoms with Gasteiger partial charge in [0, 0.05) is 19.1 Å². The SMILES string of the molecule is COc1cccc(OC)c1C(=O)N1CC[C@H](N)C1. The Morgan fingerprint density at radius 1 is 1.33 bits per heavy atom. The Morgan fingerprint density at radius 3 is 2.39 bits per heavy atom. The van der Waals surface area contributed by atoms with Gasteiger partial charge in [0.1, 0.15) is 17.1 Å². The van der Waals surface area contributed by atoms with Gasteiger partial charge in [-0.05, 0) is 18.6 Å². The van der Waals surface area contributed by atoms with Crippen LogP contribution in [0.4, 0.5) is 0 Å². The van der Waals surface area contributed by atoms with Gasteiger partial charge in [0.15, 0.2) is 0 Å². The number of rotatable bonds is 3. The van der Waals surface area contributed by atoms with Gasteiger partial charge in [-0.15, -0.1) is 0 Å². The molecule has 2 rings (SSSR count). The molecule has 0 unspecified atom stereocenters. The third kappa shape index (κ3) is 2.26. The van der Waals surface area contributed by atoms with Crippen LogP contribution < -0.4 is 15.2 Å². The molecule has 1 aliphatic heterocycles. The Balaban J connectivity index is 2.34. The Labute approximate surface area is 106 Å². The average Bonchev–Trinajstić information content (AvgIpc) is 2.83. The second-order valence-corrected chi connectivity index (χ2v) is 4.34. The lowest BCUT2D eigenvalue weighted by Crippen LogP contribution is -2.32. The topological polar surface area (TPSA) is 64.8 Å². The van der Waals surface area contributed by atoms with Crippen LogP contribution in [0.5, 0.6) is 11.5 Å². The molecule has 1 aliphatic rings. The van der Waals surface area contributed by atoms with E-state index in [0.29, 0.717) is 30.2 Å². The molecule has 1 atom stereocenters. The summed E-state index contributed by atoms with van der Waals surface area (Å²) < 4.78 is 10.5. The maximum absolute atomic E-state index is 12.5. The highest BCUT2D eigenvalue weighted by Crippen LogP contribution is 2.30. The minimum Gasteiger partial charge on any atom is -0.496 e. The van der Waals surface area contributed by atoms with E-state index in [1.54, 1.807) is 37.3 Å². The number of benzene rings is 1. The van der Waals surface area contributed by atoms with E-state index < -0.39 is 0 Å². The highest BCUT2D eigenvalue weighted by Gasteiger charge is 2.28. The molecule has 0 bridgehead atoms. The zero-order chi connectivity index (χ0) is 13.1. The van der Waals surface area contributed by atoms with Gasteiger partial charge in [0.05, 0.1) is 14.2 Å². The summed E-state index contributed by atoms with van der Waals surface area (Å²) in [6.45, 7) is 1.27. The highest BCUT2D eigenvalue weighted by atomic mass is 16.5. The van der Waals surface area contributed by atoms with Gasteiger partial charge in [-0.25, -0.2) is 0 Å². The zero-order valence-electron chi connectivity index (χ0n) is 10.7. The number of hydrogen-bond acceptors (Lipinski definition) is 4. The third-order valence-electron chi connectivity index (χ3n) is 3.15. The molecule has 0 radical (unpaired) electrons. The van der Waals surface area contributed by atoms with Crippen LogP contribution in [0.3, 0.4) is 0 Å². The van der Waals surface area contributed by atoms with Gasteiger partial charge >= 0.3 is 0 Å². The fourth-order valence-electron chi connectivity index (χ4n) is 2.19. The second kappa shape index (κ2) is 5.27. The van der Waals surface area contributed by atoms with Gasteiger partial charge in [-0.3, -0.25) is 4.79 Å². The third-order valence-corrected chi connectivity index (χ3v) is 3.15. The summed E-state index contributed by atoms with van der Waals surface area (Å²) in [5, 5.41) is 0. The Kier molecular flexibility index (Phi) is 3.72. The Bertz CT molecular complexity index is 426. The average molecular weight is 250 g/mol. The Hall–Kier alpha value is -1.75. The summed E-state index contributed by atoms with van der Waals surface area (Å²) in [5.74, 6) is 0.969. The van der Waals surface area contributed by atoms with Crippen LogP contribution in [0.15, 0.2) is 18.2 Å². The molecule has 1 aromatic rings. The molecule has 5 heteroatoms. The summed E-state index contributed by atoms with van der Waals surface area (Å²) in [5.41, 5.74) is 6.29. The van der Waals surface area contributed by atoms with Crippen LogP contribution in [0.2, 0.25) is 0 Å². The van der Waals surface area contributed by atoms with Crippen molar-refractivity contribution in [2.75, 3.05) is 27.3 Å². The smallest absolute Gasteiger partial charge is 0.261 e. The molecule has 1 amide bonds. The predicted molar refractivity (Wildman–Crippen MR) is 68.0 cm³/mol. The largest absolute Gasteiger partial charge is 0.496 e. The lowest BCUT2D eigenvalue weighted by atomic mass is 10.1. The van der Waals surface area contributed by atoms with E-state index >= 15 is 0 Å². The quantitative estimate of drug-likeness (QED) is 0.864. The molecule has 98 valence electrons. The number of hydrogen-bond donors (Lipinski definition) is 1. The molecule has 0 saturated carbocycles. The summed E-state index contributed by atoms with van der Waals surface area (Å²) in [4.78, 5) is 14.2. The molecule has 1 saturated heterocycles. The van der Waals surface area contributed by atoms with Gasteiger partial charge in [-0.2, -0.15) is 0 Å². The molecule has 0 spiro atoms. The first kappa shape index (κ1) is 12.7. The van der Waals surface area contributed by atoms with Crippen LogP contribution >= 0.6 is 0 Å². The van der Waals surface area contributed by atoms with E-state index in [-0.39, 0.29) is 11.9 Å². The maximum atomic E-state index is 12.5. The van der Waals surface area contributed by atoms with E-state index in [1.165, 1.54) is 0 Å². The molecule has 2 N–H and O–H groups in total. The maximum Gasteiger partial charge on any atom is 0.261 e. The normalized spacial score (nSPS) is 18.8. The molecule has 0 aliphatic carbocycles. The number of nitrogens with two attached hydrogens (primary N) is 1. The number of carbonyl (C=O) groups is 1. The zero-order valence-corrected chi connectivity index (χ0v) is 10.7. The van der Waals surface area contributed by atoms with E-state index in [0.717, 1.165) is 6.42 Å². The van der Waals surface area contributed by atoms with Gasteiger partial charge in [0.2, 0.25) is 0 Å². The number of carbonyl (C=O) groups excluding carboxylic acids is 1. The van der Waals surface area contributed by atoms with Gasteiger partial charge in [-0.1, -0.05) is 6.07 Å². The summed E-state index contributed by atoms with van der Waals surface area (Å²) in [7, 11) is 3.09. The van der Waals surface area contributed by atoms with Crippen LogP contribution in [-0.2, 0) is 0 Å². The van der Waals surface area contributed by atoms with Crippen molar-refractivity contribution in [1.82, 2.24) is 4.90 Å². The molecule has 0 aromatic heterocycles. The molecule has 1 fully saturated rings. The van der Waals surface area contributed by atoms with Crippen molar-refractivity contribution in [2.24, 2.45) is 5.73 Å². The van der Waals surface area contributed by atoms with Crippen LogP contribution in [0.1, 0.15) is 16.8 Å². The van der Waals surface area contributed by atoms with Crippen molar-refractivity contribution in [1.29, 1.82) is 0 Å². The van der Waals surface area contributed by atoms with E-state index in [2.05, 4.69) is 0 Å². The first-order valence-corrected chi connectivity index (χ1v) is 5.93. The molecule has 5 nitrogen and oxygen atoms in total. The Morgan fingerprint density at radius 2 is 1.94 bits per heavy atom. The summed E-state index contributed by atoms with van der Waals surface area (Å²) in [6, 6.07) is 5.37. The first-order valence-electron chi connectivity index (χ1n) is 5.93. The van der Waals surface area contributed by atoms with Crippen molar-refractivity contribution < 1.29 is 14.3 Å². The molecular weight excluding hydrogens is 232 g/mol. The van der Waals surface area contributed by atoms with Crippen molar-refractivity contribution in [3.63, 3.8) is 0 Å². The second-order valence-electron chi connectivity index (χ2n) is 4.34. The van der Waals surface area contributed by atoms with Gasteiger partial charge in [0.25, 0.3) is 5.91 Å². The predicted octanol–water partition coefficient (Wildman–Crippen LogP) is 0.877. The molecule has 18 heavy (non-hydrogen) atoms. The molecule has 1 aromatic carbocycles. The number of amides is 1. The van der Waals surface area contributed by atoms with E-state index in [9.17, 15) is 4.79 Å². The van der Waals surface area contributed by atoms with Crippen LogP contribution in [0, 0.1) is 0 Å². The van der Waals surface area contributed by atoms with E-state index in [4.69, 9.17) is 15.2 Å². The van der Waals surface area contributed by atoms with Gasteiger partial charge < -0.3 is 20.1 Å². The number of methoxy groups -OCH3 is 2. The highest BCUT2D eigenvalue weighted by molar-refractivity contribution is 5.99. The first-order chi connectivity index (χ1) is 8.67. The molecular formula is C13H18N2O3. The van der Waals surface area contributed by atoms with Crippen molar-refractivity contribution >= 4 is 5.91 Å². The minimum atomic E-state index is -0.0859. The van der Waals surface area contributed by atoms with Crippen LogP contribution in [0.25, 0.3) is 0 Å². The number of likely N-dealkylation sites (tertiary alicyclic amines) is 1. The fraction of sp³-hybridized carbons (Fsp3) is 0.462. The standard InChI is InChI=1S/C13H18N2O3/c1-17-10-4-3-5-11(18-2)12(10)13(16)15-7-6-9(14)8-15/h3-5,9H,6-8,14H2,1-2H3/t9-/m0/s1.